The summed E-state index contributed by atoms with van der Waals surface area (Å²) in [6, 6.07) is 3.51. The third-order valence-corrected chi connectivity index (χ3v) is 3.73. The number of amides is 2. The van der Waals surface area contributed by atoms with E-state index in [1.807, 2.05) is 12.1 Å². The van der Waals surface area contributed by atoms with Gasteiger partial charge in [0.25, 0.3) is 0 Å². The van der Waals surface area contributed by atoms with Crippen LogP contribution >= 0.6 is 0 Å². The normalized spacial score (nSPS) is 19.1. The molecule has 1 aromatic heterocycles. The molecule has 0 radical (unpaired) electrons. The molecule has 1 fully saturated rings. The fourth-order valence-corrected chi connectivity index (χ4v) is 2.46. The third kappa shape index (κ3) is 7.60. The summed E-state index contributed by atoms with van der Waals surface area (Å²) in [6.45, 7) is 1.87. The van der Waals surface area contributed by atoms with E-state index in [1.54, 1.807) is 17.3 Å². The predicted molar refractivity (Wildman–Crippen MR) is 86.4 cm³/mol. The maximum Gasteiger partial charge on any atom is 0.490 e. The minimum absolute atomic E-state index is 0.0222. The van der Waals surface area contributed by atoms with Crippen LogP contribution in [-0.4, -0.2) is 69.3 Å². The third-order valence-electron chi connectivity index (χ3n) is 3.73. The number of hydrogen-bond acceptors (Lipinski definition) is 5. The minimum atomic E-state index is -5.08. The topological polar surface area (TPSA) is 120 Å². The van der Waals surface area contributed by atoms with E-state index < -0.39 is 18.2 Å². The molecular weight excluding hydrogens is 371 g/mol. The number of alkyl halides is 3. The number of aromatic nitrogens is 1. The van der Waals surface area contributed by atoms with Gasteiger partial charge in [-0.05, 0) is 24.5 Å². The molecular formula is C16H20F3N3O5. The summed E-state index contributed by atoms with van der Waals surface area (Å²) in [6.07, 6.45) is -1.05. The number of carboxylic acid groups (broad SMARTS) is 1. The number of halogens is 3. The predicted octanol–water partition coefficient (Wildman–Crippen LogP) is 0.355. The minimum Gasteiger partial charge on any atom is -0.475 e. The summed E-state index contributed by atoms with van der Waals surface area (Å²) in [5.41, 5.74) is 0.982. The molecule has 0 spiro atoms. The zero-order valence-corrected chi connectivity index (χ0v) is 14.4. The van der Waals surface area contributed by atoms with Gasteiger partial charge in [-0.25, -0.2) is 4.79 Å². The van der Waals surface area contributed by atoms with E-state index in [-0.39, 0.29) is 24.4 Å². The molecule has 2 heterocycles. The Kier molecular flexibility index (Phi) is 8.16. The summed E-state index contributed by atoms with van der Waals surface area (Å²) in [4.78, 5) is 37.5. The van der Waals surface area contributed by atoms with Gasteiger partial charge in [-0.1, -0.05) is 6.07 Å². The highest BCUT2D eigenvalue weighted by molar-refractivity contribution is 5.84. The van der Waals surface area contributed by atoms with Crippen molar-refractivity contribution in [2.75, 3.05) is 13.1 Å². The van der Waals surface area contributed by atoms with Gasteiger partial charge >= 0.3 is 12.1 Å². The summed E-state index contributed by atoms with van der Waals surface area (Å²) >= 11 is 0. The van der Waals surface area contributed by atoms with Crippen LogP contribution in [0, 0.1) is 0 Å². The zero-order chi connectivity index (χ0) is 20.6. The summed E-state index contributed by atoms with van der Waals surface area (Å²) in [5.74, 6) is -3.15. The Hall–Kier alpha value is -2.69. The van der Waals surface area contributed by atoms with Gasteiger partial charge < -0.3 is 20.4 Å². The van der Waals surface area contributed by atoms with E-state index in [0.29, 0.717) is 19.4 Å². The number of aliphatic hydroxyl groups is 1. The van der Waals surface area contributed by atoms with Crippen molar-refractivity contribution in [2.24, 2.45) is 0 Å². The first-order chi connectivity index (χ1) is 12.5. The van der Waals surface area contributed by atoms with Gasteiger partial charge in [0, 0.05) is 25.9 Å². The van der Waals surface area contributed by atoms with E-state index in [9.17, 15) is 27.9 Å². The molecule has 8 nitrogen and oxygen atoms in total. The average Bonchev–Trinajstić information content (AvgIpc) is 2.94. The number of carboxylic acids is 1. The number of aliphatic carboxylic acids is 1. The van der Waals surface area contributed by atoms with E-state index >= 15 is 0 Å². The molecule has 1 saturated heterocycles. The van der Waals surface area contributed by atoms with Gasteiger partial charge in [0.1, 0.15) is 0 Å². The van der Waals surface area contributed by atoms with Crippen LogP contribution in [0.25, 0.3) is 0 Å². The van der Waals surface area contributed by atoms with Gasteiger partial charge in [0.15, 0.2) is 0 Å². The number of rotatable bonds is 4. The molecule has 0 aromatic carbocycles. The first kappa shape index (κ1) is 22.4. The molecule has 2 atom stereocenters. The number of nitrogens with one attached hydrogen (secondary N) is 1. The Morgan fingerprint density at radius 2 is 2.00 bits per heavy atom. The van der Waals surface area contributed by atoms with Crippen molar-refractivity contribution in [2.45, 2.75) is 38.1 Å². The van der Waals surface area contributed by atoms with Crippen LogP contribution in [0.3, 0.4) is 0 Å². The Morgan fingerprint density at radius 3 is 2.48 bits per heavy atom. The number of pyridine rings is 1. The van der Waals surface area contributed by atoms with Crippen LogP contribution in [0.15, 0.2) is 24.5 Å². The van der Waals surface area contributed by atoms with Crippen molar-refractivity contribution >= 4 is 17.8 Å². The molecule has 0 saturated carbocycles. The highest BCUT2D eigenvalue weighted by Gasteiger charge is 2.38. The van der Waals surface area contributed by atoms with Crippen molar-refractivity contribution in [1.29, 1.82) is 0 Å². The van der Waals surface area contributed by atoms with Crippen molar-refractivity contribution in [3.63, 3.8) is 0 Å². The largest absolute Gasteiger partial charge is 0.490 e. The van der Waals surface area contributed by atoms with Crippen LogP contribution in [0.4, 0.5) is 13.2 Å². The lowest BCUT2D eigenvalue weighted by Crippen LogP contribution is -2.45. The van der Waals surface area contributed by atoms with Gasteiger partial charge in [0.2, 0.25) is 11.8 Å². The van der Waals surface area contributed by atoms with Crippen molar-refractivity contribution < 1.29 is 37.8 Å². The van der Waals surface area contributed by atoms with Crippen molar-refractivity contribution in [1.82, 2.24) is 15.2 Å². The molecule has 0 unspecified atom stereocenters. The van der Waals surface area contributed by atoms with Crippen molar-refractivity contribution in [3.8, 4) is 0 Å². The molecule has 0 aliphatic carbocycles. The first-order valence-corrected chi connectivity index (χ1v) is 7.93. The van der Waals surface area contributed by atoms with E-state index in [1.165, 1.54) is 6.92 Å². The first-order valence-electron chi connectivity index (χ1n) is 7.93. The molecule has 11 heteroatoms. The molecule has 27 heavy (non-hydrogen) atoms. The number of carbonyl (C=O) groups is 3. The second-order valence-corrected chi connectivity index (χ2v) is 5.79. The lowest BCUT2D eigenvalue weighted by atomic mass is 10.0. The number of aliphatic hydroxyl groups excluding tert-OH is 1. The molecule has 1 aliphatic heterocycles. The number of hydrogen-bond donors (Lipinski definition) is 3. The number of carbonyl (C=O) groups excluding carboxylic acids is 2. The van der Waals surface area contributed by atoms with Gasteiger partial charge in [-0.15, -0.1) is 0 Å². The van der Waals surface area contributed by atoms with Crippen LogP contribution in [-0.2, 0) is 20.8 Å². The second kappa shape index (κ2) is 9.86. The molecule has 2 rings (SSSR count). The Balaban J connectivity index is 0.000000445. The Morgan fingerprint density at radius 1 is 1.37 bits per heavy atom. The molecule has 150 valence electrons. The zero-order valence-electron chi connectivity index (χ0n) is 14.4. The lowest BCUT2D eigenvalue weighted by Gasteiger charge is -2.26. The summed E-state index contributed by atoms with van der Waals surface area (Å²) in [7, 11) is 0. The van der Waals surface area contributed by atoms with E-state index in [0.717, 1.165) is 5.56 Å². The maximum absolute atomic E-state index is 12.1. The van der Waals surface area contributed by atoms with E-state index in [2.05, 4.69) is 10.3 Å². The standard InChI is InChI=1S/C14H19N3O3.C2HF3O2/c1-10(18)16-9-14(20)17-6-4-13(19)12(17)7-11-3-2-5-15-8-11;3-2(4,5)1(6)7/h2-3,5,8,12-13,19H,4,6-7,9H2,1H3,(H,16,18);(H,6,7)/t12-,13+;/m0./s1. The van der Waals surface area contributed by atoms with Gasteiger partial charge in [0.05, 0.1) is 18.7 Å². The quantitative estimate of drug-likeness (QED) is 0.682. The molecule has 3 N–H and O–H groups in total. The van der Waals surface area contributed by atoms with Crippen LogP contribution < -0.4 is 5.32 Å². The lowest BCUT2D eigenvalue weighted by molar-refractivity contribution is -0.192. The van der Waals surface area contributed by atoms with Crippen LogP contribution in [0.5, 0.6) is 0 Å². The highest BCUT2D eigenvalue weighted by Crippen LogP contribution is 2.21. The Bertz CT molecular complexity index is 654. The monoisotopic (exact) mass is 391 g/mol. The molecule has 0 bridgehead atoms. The molecule has 1 aromatic rings. The number of likely N-dealkylation sites (tertiary alicyclic amines) is 1. The summed E-state index contributed by atoms with van der Waals surface area (Å²) < 4.78 is 31.7. The van der Waals surface area contributed by atoms with Gasteiger partial charge in [-0.2, -0.15) is 13.2 Å². The fourth-order valence-electron chi connectivity index (χ4n) is 2.46. The summed E-state index contributed by atoms with van der Waals surface area (Å²) in [5, 5.41) is 19.7. The average molecular weight is 391 g/mol. The van der Waals surface area contributed by atoms with Gasteiger partial charge in [-0.3, -0.25) is 14.6 Å². The smallest absolute Gasteiger partial charge is 0.475 e. The number of nitrogens with zero attached hydrogens (tertiary/aromatic N) is 2. The van der Waals surface area contributed by atoms with Crippen molar-refractivity contribution in [3.05, 3.63) is 30.1 Å². The second-order valence-electron chi connectivity index (χ2n) is 5.79. The maximum atomic E-state index is 12.1. The van der Waals surface area contributed by atoms with E-state index in [4.69, 9.17) is 9.90 Å². The fraction of sp³-hybridized carbons (Fsp3) is 0.500. The molecule has 2 amide bonds. The highest BCUT2D eigenvalue weighted by atomic mass is 19.4. The SMILES string of the molecule is CC(=O)NCC(=O)N1CC[C@@H](O)[C@@H]1Cc1cccnc1.O=C(O)C(F)(F)F. The Labute approximate surface area is 153 Å². The molecule has 1 aliphatic rings. The van der Waals surface area contributed by atoms with Crippen LogP contribution in [0.2, 0.25) is 0 Å². The van der Waals surface area contributed by atoms with Crippen LogP contribution in [0.1, 0.15) is 18.9 Å².